The van der Waals surface area contributed by atoms with Gasteiger partial charge in [0.25, 0.3) is 0 Å². The molecule has 0 saturated heterocycles. The van der Waals surface area contributed by atoms with Crippen LogP contribution in [0, 0.1) is 25.7 Å². The Bertz CT molecular complexity index is 2950. The molecule has 0 aromatic heterocycles. The highest BCUT2D eigenvalue weighted by Gasteiger charge is 2.35. The lowest BCUT2D eigenvalue weighted by atomic mass is 9.93. The maximum absolute atomic E-state index is 13.3. The third-order valence-electron chi connectivity index (χ3n) is 13.8. The van der Waals surface area contributed by atoms with Gasteiger partial charge in [0, 0.05) is 38.4 Å². The zero-order chi connectivity index (χ0) is 63.7. The summed E-state index contributed by atoms with van der Waals surface area (Å²) in [5, 5.41) is 38.0. The molecule has 476 valence electrons. The molecule has 85 heavy (non-hydrogen) atoms. The Morgan fingerprint density at radius 1 is 0.624 bits per heavy atom. The van der Waals surface area contributed by atoms with Crippen molar-refractivity contribution in [2.24, 2.45) is 11.8 Å². The highest BCUT2D eigenvalue weighted by molar-refractivity contribution is 7.53. The quantitative estimate of drug-likeness (QED) is 0.0127. The molecule has 0 aliphatic carbocycles. The van der Waals surface area contributed by atoms with Crippen molar-refractivity contribution in [1.82, 2.24) is 0 Å². The molecule has 2 heterocycles. The van der Waals surface area contributed by atoms with Crippen LogP contribution < -0.4 is 14.2 Å². The molecular weight excluding hydrogens is 1180 g/mol. The summed E-state index contributed by atoms with van der Waals surface area (Å²) < 4.78 is 67.4. The van der Waals surface area contributed by atoms with E-state index in [2.05, 4.69) is 43.8 Å². The minimum absolute atomic E-state index is 0. The number of phenolic OH excluding ortho intramolecular Hbond substituents is 1. The predicted octanol–water partition coefficient (Wildman–Crippen LogP) is 11.6. The summed E-state index contributed by atoms with van der Waals surface area (Å²) >= 11 is 0. The van der Waals surface area contributed by atoms with E-state index in [4.69, 9.17) is 43.2 Å². The second-order valence-corrected chi connectivity index (χ2v) is 38.3. The lowest BCUT2D eigenvalue weighted by molar-refractivity contribution is -0.148. The number of benzene rings is 2. The van der Waals surface area contributed by atoms with E-state index in [1.807, 2.05) is 19.9 Å². The van der Waals surface area contributed by atoms with E-state index in [0.29, 0.717) is 71.1 Å². The molecule has 0 spiro atoms. The summed E-state index contributed by atoms with van der Waals surface area (Å²) in [7, 11) is -8.17. The number of rotatable bonds is 33. The number of methoxy groups -OCH3 is 2. The molecule has 0 amide bonds. The fourth-order valence-corrected chi connectivity index (χ4v) is 12.5. The molecular formula is C59H90O22P2Si2. The van der Waals surface area contributed by atoms with E-state index in [0.717, 1.165) is 41.3 Å². The molecule has 4 unspecified atom stereocenters. The standard InChI is InChI=1S/C34H55O11PSi2.C24H31O11P.CH4/c1-23(14-15-27-30(41-4)24(2)28-22-44-34(38)29(28)31(27)42-16-19-47(5,6)7)21-26(33(37)43-17-20-48(8,9)10)13-11-12-18-46(39,40)45-25(3)32(35)36;1-13(8-9-17-20(25)19-18(12-34-24(19)30)14(2)21(17)33-4)11-16(23(28)29)7-5-6-10-36(31,32)35-15(3)22(26)27;/h11-12,14,25-26H,13,15-22H2,1-10H3,(H,35,36)(H,39,40);5-6,8,15-16,25H,7,9-12H2,1-4H3,(H,26,27)(H,28,29)(H,31,32);1H4/b12-11+,23-14+;6-5+,13-8+;/t25-,26?;15-,16?;/m00./s1. The molecule has 0 bridgehead atoms. The number of ether oxygens (including phenoxy) is 6. The first-order valence-electron chi connectivity index (χ1n) is 27.5. The summed E-state index contributed by atoms with van der Waals surface area (Å²) in [4.78, 5) is 91.4. The molecule has 2 aliphatic heterocycles. The smallest absolute Gasteiger partial charge is 0.342 e. The SMILES string of the molecule is C.COc1c(C)c2c(c(O)c1C/C=C(\C)CC(C/C=C/CP(=O)(O)O[C@@H](C)C(=O)O)C(=O)O)C(=O)OC2.COc1c(C)c2c(c(OCC[Si](C)(C)C)c1C/C=C(\C)CC(C/C=C/CP(=O)(O)O[C@@H](C)C(=O)O)C(=O)OCC[Si](C)(C)C)C(=O)OC2. The minimum atomic E-state index is -4.18. The number of carboxylic acid groups (broad SMARTS) is 3. The van der Waals surface area contributed by atoms with E-state index < -0.39 is 97.6 Å². The Balaban J connectivity index is 0.000000596. The van der Waals surface area contributed by atoms with E-state index in [-0.39, 0.29) is 63.6 Å². The minimum Gasteiger partial charge on any atom is -0.507 e. The van der Waals surface area contributed by atoms with Crippen molar-refractivity contribution in [2.75, 3.05) is 39.8 Å². The van der Waals surface area contributed by atoms with E-state index in [1.165, 1.54) is 32.3 Å². The first-order chi connectivity index (χ1) is 38.9. The first kappa shape index (κ1) is 75.3. The van der Waals surface area contributed by atoms with Gasteiger partial charge in [0.1, 0.15) is 47.3 Å². The van der Waals surface area contributed by atoms with Gasteiger partial charge in [-0.15, -0.1) is 0 Å². The average Bonchev–Trinajstić information content (AvgIpc) is 3.78. The summed E-state index contributed by atoms with van der Waals surface area (Å²) in [6.45, 7) is 24.0. The van der Waals surface area contributed by atoms with Crippen LogP contribution in [0.3, 0.4) is 0 Å². The van der Waals surface area contributed by atoms with Crippen molar-refractivity contribution in [1.29, 1.82) is 0 Å². The third kappa shape index (κ3) is 23.7. The van der Waals surface area contributed by atoms with Crippen molar-refractivity contribution >= 4 is 67.2 Å². The van der Waals surface area contributed by atoms with E-state index in [1.54, 1.807) is 33.1 Å². The maximum atomic E-state index is 13.3. The highest BCUT2D eigenvalue weighted by Crippen LogP contribution is 2.46. The fraction of sp³-hybridized carbons (Fsp3) is 0.559. The van der Waals surface area contributed by atoms with Crippen molar-refractivity contribution in [3.05, 3.63) is 92.1 Å². The van der Waals surface area contributed by atoms with Crippen LogP contribution in [0.4, 0.5) is 0 Å². The first-order valence-corrected chi connectivity index (χ1v) is 38.5. The number of carbonyl (C=O) groups is 6. The zero-order valence-corrected chi connectivity index (χ0v) is 54.6. The van der Waals surface area contributed by atoms with Gasteiger partial charge in [-0.1, -0.05) is 94.3 Å². The van der Waals surface area contributed by atoms with Gasteiger partial charge in [0.05, 0.1) is 51.6 Å². The number of carboxylic acids is 3. The Kier molecular flexibility index (Phi) is 29.5. The van der Waals surface area contributed by atoms with Crippen LogP contribution in [-0.2, 0) is 77.6 Å². The second-order valence-electron chi connectivity index (χ2n) is 23.3. The molecule has 6 atom stereocenters. The number of hydrogen-bond donors (Lipinski definition) is 6. The van der Waals surface area contributed by atoms with E-state index >= 15 is 0 Å². The van der Waals surface area contributed by atoms with Gasteiger partial charge in [0.15, 0.2) is 12.2 Å². The summed E-state index contributed by atoms with van der Waals surface area (Å²) in [5.41, 5.74) is 6.18. The third-order valence-corrected chi connectivity index (χ3v) is 19.8. The van der Waals surface area contributed by atoms with Gasteiger partial charge < -0.3 is 58.6 Å². The molecule has 2 aliphatic rings. The van der Waals surface area contributed by atoms with Crippen LogP contribution in [-0.4, -0.2) is 134 Å². The number of hydrogen-bond acceptors (Lipinski definition) is 17. The van der Waals surface area contributed by atoms with Crippen molar-refractivity contribution in [2.45, 2.75) is 164 Å². The average molecular weight is 1270 g/mol. The number of esters is 3. The van der Waals surface area contributed by atoms with Crippen LogP contribution in [0.1, 0.15) is 115 Å². The Morgan fingerprint density at radius 2 is 1.04 bits per heavy atom. The Morgan fingerprint density at radius 3 is 1.48 bits per heavy atom. The van der Waals surface area contributed by atoms with Crippen molar-refractivity contribution < 1.29 is 106 Å². The Hall–Kier alpha value is -5.85. The molecule has 2 aromatic rings. The summed E-state index contributed by atoms with van der Waals surface area (Å²) in [6.07, 6.45) is 7.20. The van der Waals surface area contributed by atoms with E-state index in [9.17, 15) is 57.9 Å². The number of phenols is 1. The monoisotopic (exact) mass is 1270 g/mol. The molecule has 22 nitrogen and oxygen atoms in total. The number of allylic oxidation sites excluding steroid dienone is 8. The highest BCUT2D eigenvalue weighted by atomic mass is 31.2. The molecule has 6 N–H and O–H groups in total. The van der Waals surface area contributed by atoms with Crippen molar-refractivity contribution in [3.8, 4) is 23.0 Å². The number of aromatic hydroxyl groups is 1. The lowest BCUT2D eigenvalue weighted by Crippen LogP contribution is -2.25. The fourth-order valence-electron chi connectivity index (χ4n) is 8.87. The Labute approximate surface area is 501 Å². The molecule has 2 aromatic carbocycles. The van der Waals surface area contributed by atoms with Crippen LogP contribution in [0.5, 0.6) is 23.0 Å². The second kappa shape index (κ2) is 33.3. The number of cyclic esters (lactones) is 2. The molecule has 0 fully saturated rings. The normalized spacial score (nSPS) is 16.3. The number of carbonyl (C=O) groups excluding carboxylic acids is 3. The number of aliphatic carboxylic acids is 3. The number of fused-ring (bicyclic) bond motifs is 2. The van der Waals surface area contributed by atoms with Gasteiger partial charge in [-0.3, -0.25) is 27.8 Å². The van der Waals surface area contributed by atoms with Crippen LogP contribution in [0.15, 0.2) is 47.6 Å². The molecule has 26 heteroatoms. The van der Waals surface area contributed by atoms with Crippen molar-refractivity contribution in [3.63, 3.8) is 0 Å². The lowest BCUT2D eigenvalue weighted by Gasteiger charge is -2.22. The predicted molar refractivity (Wildman–Crippen MR) is 327 cm³/mol. The van der Waals surface area contributed by atoms with Crippen LogP contribution in [0.2, 0.25) is 51.4 Å². The zero-order valence-electron chi connectivity index (χ0n) is 50.8. The van der Waals surface area contributed by atoms with Crippen LogP contribution in [0.25, 0.3) is 0 Å². The molecule has 0 radical (unpaired) electrons. The van der Waals surface area contributed by atoms with Gasteiger partial charge in [-0.05, 0) is 103 Å². The molecule has 4 rings (SSSR count). The molecule has 0 saturated carbocycles. The summed E-state index contributed by atoms with van der Waals surface area (Å²) in [6, 6.07) is 1.73. The maximum Gasteiger partial charge on any atom is 0.342 e. The largest absolute Gasteiger partial charge is 0.507 e. The van der Waals surface area contributed by atoms with Gasteiger partial charge >= 0.3 is 51.0 Å². The summed E-state index contributed by atoms with van der Waals surface area (Å²) in [5.74, 6) is -5.23. The van der Waals surface area contributed by atoms with Gasteiger partial charge in [0.2, 0.25) is 0 Å². The van der Waals surface area contributed by atoms with Gasteiger partial charge in [-0.2, -0.15) is 0 Å². The van der Waals surface area contributed by atoms with Crippen LogP contribution >= 0.6 is 15.2 Å². The van der Waals surface area contributed by atoms with Gasteiger partial charge in [-0.25, -0.2) is 19.2 Å². The topological polar surface area (TPSA) is 332 Å².